The van der Waals surface area contributed by atoms with E-state index in [2.05, 4.69) is 15.1 Å². The third-order valence-corrected chi connectivity index (χ3v) is 3.62. The fraction of sp³-hybridized carbons (Fsp3) is 0.727. The Bertz CT molecular complexity index is 566. The Kier molecular flexibility index (Phi) is 4.61. The summed E-state index contributed by atoms with van der Waals surface area (Å²) in [6, 6.07) is -0.503. The molecule has 1 aliphatic rings. The molecule has 0 aromatic carbocycles. The van der Waals surface area contributed by atoms with Crippen LogP contribution in [0.15, 0.2) is 11.3 Å². The van der Waals surface area contributed by atoms with Crippen LogP contribution in [-0.4, -0.2) is 45.0 Å². The number of anilines is 1. The van der Waals surface area contributed by atoms with Crippen LogP contribution in [0.2, 0.25) is 0 Å². The topological polar surface area (TPSA) is 133 Å². The lowest BCUT2D eigenvalue weighted by atomic mass is 10.1. The lowest BCUT2D eigenvalue weighted by molar-refractivity contribution is -0.384. The highest BCUT2D eigenvalue weighted by Crippen LogP contribution is 2.30. The van der Waals surface area contributed by atoms with Gasteiger partial charge in [0, 0.05) is 24.5 Å². The van der Waals surface area contributed by atoms with Gasteiger partial charge < -0.3 is 10.0 Å². The minimum atomic E-state index is -0.733. The summed E-state index contributed by atoms with van der Waals surface area (Å²) in [6.07, 6.45) is 1.33. The molecule has 1 aromatic rings. The molecule has 2 heterocycles. The van der Waals surface area contributed by atoms with Gasteiger partial charge in [-0.3, -0.25) is 10.1 Å². The SMILES string of the molecule is CCn1ncc([N+](=O)[O-])c1N1CC[C@@H](O)[C@@H](N=[N+]=[N-])CC1. The molecule has 2 rings (SSSR count). The smallest absolute Gasteiger partial charge is 0.331 e. The minimum Gasteiger partial charge on any atom is -0.393 e. The molecule has 0 saturated carbocycles. The fourth-order valence-electron chi connectivity index (χ4n) is 2.54. The number of azide groups is 1. The summed E-state index contributed by atoms with van der Waals surface area (Å²) in [7, 11) is 0. The van der Waals surface area contributed by atoms with Crippen LogP contribution in [0.5, 0.6) is 0 Å². The predicted octanol–water partition coefficient (Wildman–Crippen LogP) is 1.45. The largest absolute Gasteiger partial charge is 0.393 e. The number of aliphatic hydroxyl groups excluding tert-OH is 1. The van der Waals surface area contributed by atoms with Crippen molar-refractivity contribution >= 4 is 11.5 Å². The Labute approximate surface area is 120 Å². The number of nitrogens with zero attached hydrogens (tertiary/aromatic N) is 7. The quantitative estimate of drug-likeness (QED) is 0.295. The number of nitro groups is 1. The highest BCUT2D eigenvalue weighted by atomic mass is 16.6. The zero-order valence-electron chi connectivity index (χ0n) is 11.7. The highest BCUT2D eigenvalue weighted by Gasteiger charge is 2.30. The molecule has 2 atom stereocenters. The summed E-state index contributed by atoms with van der Waals surface area (Å²) in [5.74, 6) is 0.441. The van der Waals surface area contributed by atoms with Gasteiger partial charge in [-0.05, 0) is 25.3 Å². The lowest BCUT2D eigenvalue weighted by Gasteiger charge is -2.22. The molecule has 114 valence electrons. The summed E-state index contributed by atoms with van der Waals surface area (Å²) in [5, 5.41) is 28.7. The van der Waals surface area contributed by atoms with Crippen molar-refractivity contribution in [1.82, 2.24) is 9.78 Å². The van der Waals surface area contributed by atoms with E-state index >= 15 is 0 Å². The molecule has 21 heavy (non-hydrogen) atoms. The van der Waals surface area contributed by atoms with E-state index in [0.29, 0.717) is 38.3 Å². The van der Waals surface area contributed by atoms with Crippen LogP contribution in [0.3, 0.4) is 0 Å². The monoisotopic (exact) mass is 295 g/mol. The van der Waals surface area contributed by atoms with E-state index in [1.807, 2.05) is 11.8 Å². The zero-order chi connectivity index (χ0) is 15.4. The van der Waals surface area contributed by atoms with Gasteiger partial charge in [-0.1, -0.05) is 5.11 Å². The maximum Gasteiger partial charge on any atom is 0.331 e. The first-order chi connectivity index (χ1) is 10.1. The number of aromatic nitrogens is 2. The van der Waals surface area contributed by atoms with Crippen LogP contribution in [-0.2, 0) is 6.54 Å². The van der Waals surface area contributed by atoms with Gasteiger partial charge in [-0.25, -0.2) is 4.68 Å². The Morgan fingerprint density at radius 1 is 1.62 bits per heavy atom. The number of aryl methyl sites for hydroxylation is 1. The van der Waals surface area contributed by atoms with Crippen molar-refractivity contribution in [2.45, 2.75) is 38.5 Å². The molecule has 0 spiro atoms. The van der Waals surface area contributed by atoms with Crippen molar-refractivity contribution in [2.75, 3.05) is 18.0 Å². The van der Waals surface area contributed by atoms with Crippen molar-refractivity contribution < 1.29 is 10.0 Å². The normalized spacial score (nSPS) is 22.5. The fourth-order valence-corrected chi connectivity index (χ4v) is 2.54. The van der Waals surface area contributed by atoms with Crippen LogP contribution < -0.4 is 4.90 Å². The Hall–Kier alpha value is -2.32. The maximum atomic E-state index is 11.1. The van der Waals surface area contributed by atoms with E-state index in [9.17, 15) is 15.2 Å². The van der Waals surface area contributed by atoms with E-state index in [1.54, 1.807) is 4.68 Å². The molecule has 0 aliphatic carbocycles. The molecule has 0 amide bonds. The Morgan fingerprint density at radius 2 is 2.33 bits per heavy atom. The molecular weight excluding hydrogens is 278 g/mol. The first-order valence-corrected chi connectivity index (χ1v) is 6.75. The summed E-state index contributed by atoms with van der Waals surface area (Å²) >= 11 is 0. The Morgan fingerprint density at radius 3 is 2.95 bits per heavy atom. The third-order valence-electron chi connectivity index (χ3n) is 3.62. The van der Waals surface area contributed by atoms with E-state index in [1.165, 1.54) is 6.20 Å². The lowest BCUT2D eigenvalue weighted by Crippen LogP contribution is -2.28. The number of hydrogen-bond acceptors (Lipinski definition) is 6. The van der Waals surface area contributed by atoms with Crippen LogP contribution in [0, 0.1) is 10.1 Å². The number of aliphatic hydroxyl groups is 1. The second kappa shape index (κ2) is 6.42. The van der Waals surface area contributed by atoms with Crippen molar-refractivity contribution in [3.8, 4) is 0 Å². The van der Waals surface area contributed by atoms with Gasteiger partial charge in [-0.2, -0.15) is 5.10 Å². The summed E-state index contributed by atoms with van der Waals surface area (Å²) in [6.45, 7) is 3.29. The second-order valence-corrected chi connectivity index (χ2v) is 4.83. The van der Waals surface area contributed by atoms with Crippen LogP contribution in [0.4, 0.5) is 11.5 Å². The molecule has 1 fully saturated rings. The molecule has 10 nitrogen and oxygen atoms in total. The van der Waals surface area contributed by atoms with Gasteiger partial charge in [0.15, 0.2) is 0 Å². The average Bonchev–Trinajstić information content (AvgIpc) is 2.81. The summed E-state index contributed by atoms with van der Waals surface area (Å²) < 4.78 is 1.57. The van der Waals surface area contributed by atoms with Gasteiger partial charge in [0.05, 0.1) is 17.1 Å². The standard InChI is InChI=1S/C11H17N7O3/c1-2-17-11(9(7-13-17)18(20)21)16-5-3-8(14-15-12)10(19)4-6-16/h7-8,10,19H,2-6H2,1H3/t8-,10+/m0/s1. The average molecular weight is 295 g/mol. The second-order valence-electron chi connectivity index (χ2n) is 4.83. The van der Waals surface area contributed by atoms with Gasteiger partial charge in [0.25, 0.3) is 0 Å². The minimum absolute atomic E-state index is 0.0476. The van der Waals surface area contributed by atoms with Gasteiger partial charge in [0.1, 0.15) is 6.20 Å². The van der Waals surface area contributed by atoms with Crippen LogP contribution in [0.1, 0.15) is 19.8 Å². The van der Waals surface area contributed by atoms with Crippen LogP contribution >= 0.6 is 0 Å². The van der Waals surface area contributed by atoms with Crippen molar-refractivity contribution in [3.63, 3.8) is 0 Å². The molecule has 10 heteroatoms. The van der Waals surface area contributed by atoms with Crippen molar-refractivity contribution in [2.24, 2.45) is 5.11 Å². The number of hydrogen-bond donors (Lipinski definition) is 1. The molecule has 1 N–H and O–H groups in total. The summed E-state index contributed by atoms with van der Waals surface area (Å²) in [4.78, 5) is 15.2. The highest BCUT2D eigenvalue weighted by molar-refractivity contribution is 5.57. The van der Waals surface area contributed by atoms with Crippen molar-refractivity contribution in [3.05, 3.63) is 26.8 Å². The molecule has 0 bridgehead atoms. The van der Waals surface area contributed by atoms with Gasteiger partial charge in [0.2, 0.25) is 5.82 Å². The first kappa shape index (κ1) is 15.1. The zero-order valence-corrected chi connectivity index (χ0v) is 11.7. The van der Waals surface area contributed by atoms with Gasteiger partial charge >= 0.3 is 5.69 Å². The number of rotatable bonds is 4. The maximum absolute atomic E-state index is 11.1. The molecule has 1 aromatic heterocycles. The van der Waals surface area contributed by atoms with E-state index in [4.69, 9.17) is 5.53 Å². The third kappa shape index (κ3) is 3.06. The van der Waals surface area contributed by atoms with E-state index in [0.717, 1.165) is 0 Å². The van der Waals surface area contributed by atoms with E-state index in [-0.39, 0.29) is 5.69 Å². The van der Waals surface area contributed by atoms with E-state index < -0.39 is 17.1 Å². The predicted molar refractivity (Wildman–Crippen MR) is 74.9 cm³/mol. The van der Waals surface area contributed by atoms with Crippen LogP contribution in [0.25, 0.3) is 10.4 Å². The van der Waals surface area contributed by atoms with Crippen molar-refractivity contribution in [1.29, 1.82) is 0 Å². The molecule has 0 unspecified atom stereocenters. The molecule has 0 radical (unpaired) electrons. The first-order valence-electron chi connectivity index (χ1n) is 6.75. The summed E-state index contributed by atoms with van der Waals surface area (Å²) in [5.41, 5.74) is 8.46. The molecular formula is C11H17N7O3. The molecule has 1 aliphatic heterocycles. The Balaban J connectivity index is 2.28. The van der Waals surface area contributed by atoms with Gasteiger partial charge in [-0.15, -0.1) is 0 Å². The molecule has 1 saturated heterocycles.